The Morgan fingerprint density at radius 1 is 1.50 bits per heavy atom. The molecule has 0 heterocycles. The van der Waals surface area contributed by atoms with Crippen LogP contribution in [0.15, 0.2) is 0 Å². The first kappa shape index (κ1) is 6.66. The van der Waals surface area contributed by atoms with Gasteiger partial charge in [0.15, 0.2) is 0 Å². The van der Waals surface area contributed by atoms with Gasteiger partial charge in [-0.15, -0.1) is 0 Å². The van der Waals surface area contributed by atoms with Crippen molar-refractivity contribution < 1.29 is 5.11 Å². The lowest BCUT2D eigenvalue weighted by atomic mass is 9.83. The van der Waals surface area contributed by atoms with Crippen LogP contribution >= 0.6 is 0 Å². The largest absolute Gasteiger partial charge is 0.393 e. The van der Waals surface area contributed by atoms with Gasteiger partial charge in [-0.2, -0.15) is 0 Å². The highest BCUT2D eigenvalue weighted by Crippen LogP contribution is 2.53. The smallest absolute Gasteiger partial charge is 0.0548 e. The molecule has 3 unspecified atom stereocenters. The maximum absolute atomic E-state index is 9.40. The first-order valence-electron chi connectivity index (χ1n) is 4.39. The molecule has 2 aliphatic rings. The molecule has 1 heteroatoms. The highest BCUT2D eigenvalue weighted by Gasteiger charge is 2.45. The topological polar surface area (TPSA) is 20.2 Å². The Labute approximate surface area is 62.4 Å². The van der Waals surface area contributed by atoms with Crippen LogP contribution in [-0.2, 0) is 0 Å². The van der Waals surface area contributed by atoms with Crippen molar-refractivity contribution >= 4 is 0 Å². The molecule has 10 heavy (non-hydrogen) atoms. The molecule has 0 amide bonds. The van der Waals surface area contributed by atoms with E-state index < -0.39 is 0 Å². The Morgan fingerprint density at radius 3 is 3.00 bits per heavy atom. The van der Waals surface area contributed by atoms with E-state index in [9.17, 15) is 5.11 Å². The third-order valence-electron chi connectivity index (χ3n) is 3.54. The Bertz CT molecular complexity index is 144. The summed E-state index contributed by atoms with van der Waals surface area (Å²) >= 11 is 0. The van der Waals surface area contributed by atoms with E-state index in [0.717, 1.165) is 18.8 Å². The van der Waals surface area contributed by atoms with E-state index in [1.807, 2.05) is 0 Å². The fraction of sp³-hybridized carbons (Fsp3) is 1.00. The fourth-order valence-corrected chi connectivity index (χ4v) is 2.93. The Hall–Kier alpha value is -0.0400. The van der Waals surface area contributed by atoms with Crippen molar-refractivity contribution in [1.29, 1.82) is 0 Å². The van der Waals surface area contributed by atoms with Crippen LogP contribution in [-0.4, -0.2) is 11.2 Å². The maximum atomic E-state index is 9.40. The van der Waals surface area contributed by atoms with E-state index in [1.165, 1.54) is 19.3 Å². The lowest BCUT2D eigenvalue weighted by Crippen LogP contribution is -2.14. The first-order valence-corrected chi connectivity index (χ1v) is 4.39. The van der Waals surface area contributed by atoms with Crippen molar-refractivity contribution in [2.24, 2.45) is 11.3 Å². The molecule has 2 fully saturated rings. The lowest BCUT2D eigenvalue weighted by Gasteiger charge is -2.22. The van der Waals surface area contributed by atoms with Crippen molar-refractivity contribution in [2.75, 3.05) is 0 Å². The summed E-state index contributed by atoms with van der Waals surface area (Å²) in [6.07, 6.45) is 6.29. The van der Waals surface area contributed by atoms with Gasteiger partial charge in [-0.3, -0.25) is 0 Å². The van der Waals surface area contributed by atoms with E-state index in [-0.39, 0.29) is 6.10 Å². The summed E-state index contributed by atoms with van der Waals surface area (Å²) in [6, 6.07) is 0. The molecule has 0 aromatic rings. The SMILES string of the molecule is CC12CCCC1CC(O)C2. The third kappa shape index (κ3) is 0.800. The zero-order valence-electron chi connectivity index (χ0n) is 6.64. The van der Waals surface area contributed by atoms with Gasteiger partial charge in [-0.25, -0.2) is 0 Å². The molecule has 0 aliphatic heterocycles. The van der Waals surface area contributed by atoms with Gasteiger partial charge >= 0.3 is 0 Å². The predicted octanol–water partition coefficient (Wildman–Crippen LogP) is 1.95. The second-order valence-corrected chi connectivity index (χ2v) is 4.34. The number of hydrogen-bond acceptors (Lipinski definition) is 1. The molecular formula is C9H16O. The van der Waals surface area contributed by atoms with Gasteiger partial charge in [0.1, 0.15) is 0 Å². The number of fused-ring (bicyclic) bond motifs is 1. The Kier molecular flexibility index (Phi) is 1.31. The zero-order valence-corrected chi connectivity index (χ0v) is 6.64. The molecule has 0 bridgehead atoms. The van der Waals surface area contributed by atoms with Crippen molar-refractivity contribution in [3.8, 4) is 0 Å². The summed E-state index contributed by atoms with van der Waals surface area (Å²) in [6.45, 7) is 2.35. The summed E-state index contributed by atoms with van der Waals surface area (Å²) in [5.74, 6) is 0.850. The standard InChI is InChI=1S/C9H16O/c1-9-4-2-3-7(9)5-8(10)6-9/h7-8,10H,2-6H2,1H3. The first-order chi connectivity index (χ1) is 4.71. The van der Waals surface area contributed by atoms with Crippen molar-refractivity contribution in [3.63, 3.8) is 0 Å². The second-order valence-electron chi connectivity index (χ2n) is 4.34. The predicted molar refractivity (Wildman–Crippen MR) is 40.7 cm³/mol. The maximum Gasteiger partial charge on any atom is 0.0548 e. The normalized spacial score (nSPS) is 53.4. The van der Waals surface area contributed by atoms with Crippen molar-refractivity contribution in [1.82, 2.24) is 0 Å². The van der Waals surface area contributed by atoms with E-state index >= 15 is 0 Å². The van der Waals surface area contributed by atoms with Crippen LogP contribution in [0.1, 0.15) is 39.0 Å². The number of aliphatic hydroxyl groups is 1. The molecule has 0 aromatic heterocycles. The van der Waals surface area contributed by atoms with Crippen molar-refractivity contribution in [3.05, 3.63) is 0 Å². The van der Waals surface area contributed by atoms with Gasteiger partial charge < -0.3 is 5.11 Å². The molecule has 0 aromatic carbocycles. The zero-order chi connectivity index (χ0) is 7.19. The number of rotatable bonds is 0. The van der Waals surface area contributed by atoms with Gasteiger partial charge in [0.05, 0.1) is 6.10 Å². The highest BCUT2D eigenvalue weighted by atomic mass is 16.3. The molecule has 1 nitrogen and oxygen atoms in total. The average molecular weight is 140 g/mol. The van der Waals surface area contributed by atoms with E-state index in [4.69, 9.17) is 0 Å². The quantitative estimate of drug-likeness (QED) is 0.545. The Morgan fingerprint density at radius 2 is 2.30 bits per heavy atom. The van der Waals surface area contributed by atoms with Gasteiger partial charge in [-0.05, 0) is 37.0 Å². The Balaban J connectivity index is 2.15. The molecule has 2 aliphatic carbocycles. The summed E-state index contributed by atoms with van der Waals surface area (Å²) in [4.78, 5) is 0. The molecule has 0 radical (unpaired) electrons. The lowest BCUT2D eigenvalue weighted by molar-refractivity contribution is 0.161. The minimum Gasteiger partial charge on any atom is -0.393 e. The summed E-state index contributed by atoms with van der Waals surface area (Å²) in [5.41, 5.74) is 0.527. The van der Waals surface area contributed by atoms with Crippen LogP contribution in [0.2, 0.25) is 0 Å². The number of hydrogen-bond donors (Lipinski definition) is 1. The minimum absolute atomic E-state index is 0.0234. The van der Waals surface area contributed by atoms with Gasteiger partial charge in [0.25, 0.3) is 0 Å². The van der Waals surface area contributed by atoms with Crippen LogP contribution < -0.4 is 0 Å². The number of aliphatic hydroxyl groups excluding tert-OH is 1. The summed E-state index contributed by atoms with van der Waals surface area (Å²) in [5, 5.41) is 9.40. The minimum atomic E-state index is 0.0234. The fourth-order valence-electron chi connectivity index (χ4n) is 2.93. The van der Waals surface area contributed by atoms with Crippen molar-refractivity contribution in [2.45, 2.75) is 45.1 Å². The highest BCUT2D eigenvalue weighted by molar-refractivity contribution is 4.96. The van der Waals surface area contributed by atoms with Crippen LogP contribution in [0, 0.1) is 11.3 Å². The summed E-state index contributed by atoms with van der Waals surface area (Å²) < 4.78 is 0. The van der Waals surface area contributed by atoms with Crippen LogP contribution in [0.5, 0.6) is 0 Å². The van der Waals surface area contributed by atoms with Gasteiger partial charge in [-0.1, -0.05) is 13.3 Å². The summed E-state index contributed by atoms with van der Waals surface area (Å²) in [7, 11) is 0. The van der Waals surface area contributed by atoms with Crippen LogP contribution in [0.4, 0.5) is 0 Å². The van der Waals surface area contributed by atoms with E-state index in [0.29, 0.717) is 5.41 Å². The molecule has 3 atom stereocenters. The molecule has 2 saturated carbocycles. The molecule has 58 valence electrons. The van der Waals surface area contributed by atoms with Crippen LogP contribution in [0.25, 0.3) is 0 Å². The molecule has 2 rings (SSSR count). The molecule has 1 N–H and O–H groups in total. The third-order valence-corrected chi connectivity index (χ3v) is 3.54. The second kappa shape index (κ2) is 1.97. The molecule has 0 saturated heterocycles. The monoisotopic (exact) mass is 140 g/mol. The van der Waals surface area contributed by atoms with Gasteiger partial charge in [0, 0.05) is 0 Å². The van der Waals surface area contributed by atoms with Gasteiger partial charge in [0.2, 0.25) is 0 Å². The van der Waals surface area contributed by atoms with E-state index in [1.54, 1.807) is 0 Å². The average Bonchev–Trinajstić information content (AvgIpc) is 2.20. The molecular weight excluding hydrogens is 124 g/mol. The van der Waals surface area contributed by atoms with Crippen LogP contribution in [0.3, 0.4) is 0 Å². The molecule has 0 spiro atoms. The van der Waals surface area contributed by atoms with E-state index in [2.05, 4.69) is 6.92 Å².